The van der Waals surface area contributed by atoms with Crippen LogP contribution in [-0.4, -0.2) is 36.2 Å². The number of fused-ring (bicyclic) bond motifs is 1. The maximum absolute atomic E-state index is 13.7. The smallest absolute Gasteiger partial charge is 0.313 e. The Morgan fingerprint density at radius 2 is 2.03 bits per heavy atom. The van der Waals surface area contributed by atoms with Crippen molar-refractivity contribution in [2.75, 3.05) is 30.1 Å². The molecule has 1 atom stereocenters. The molecule has 1 N–H and O–H groups in total. The Kier molecular flexibility index (Phi) is 8.77. The van der Waals surface area contributed by atoms with Crippen molar-refractivity contribution in [3.8, 4) is 5.75 Å². The van der Waals surface area contributed by atoms with Crippen LogP contribution in [0, 0.1) is 11.2 Å². The number of carbonyl (C=O) groups is 1. The van der Waals surface area contributed by atoms with Crippen LogP contribution in [0.1, 0.15) is 45.1 Å². The Morgan fingerprint density at radius 3 is 2.66 bits per heavy atom. The van der Waals surface area contributed by atoms with Crippen LogP contribution < -0.4 is 9.64 Å². The van der Waals surface area contributed by atoms with E-state index in [1.165, 1.54) is 30.3 Å². The Bertz CT molecular complexity index is 922. The molecular weight excluding hydrogens is 445 g/mol. The highest BCUT2D eigenvalue weighted by atomic mass is 32.2. The number of hydrogen-bond donors (Lipinski definition) is 1. The number of aliphatic carboxylic acids is 1. The number of thioether (sulfide) groups is 2. The summed E-state index contributed by atoms with van der Waals surface area (Å²) in [6, 6.07) is 10.9. The largest absolute Gasteiger partial charge is 0.496 e. The van der Waals surface area contributed by atoms with Gasteiger partial charge < -0.3 is 14.7 Å². The normalized spacial score (nSPS) is 18.2. The predicted molar refractivity (Wildman–Crippen MR) is 133 cm³/mol. The molecule has 1 unspecified atom stereocenters. The summed E-state index contributed by atoms with van der Waals surface area (Å²) in [5.74, 6) is 1.35. The Morgan fingerprint density at radius 1 is 1.28 bits per heavy atom. The minimum atomic E-state index is -0.816. The van der Waals surface area contributed by atoms with Crippen molar-refractivity contribution >= 4 is 40.9 Å². The number of halogens is 1. The van der Waals surface area contributed by atoms with Crippen LogP contribution in [0.5, 0.6) is 5.75 Å². The van der Waals surface area contributed by atoms with Gasteiger partial charge in [0, 0.05) is 40.3 Å². The number of unbranched alkanes of at least 4 members (excludes halogenated alkanes) is 1. The van der Waals surface area contributed by atoms with Gasteiger partial charge in [0.05, 0.1) is 18.6 Å². The van der Waals surface area contributed by atoms with Gasteiger partial charge in [-0.25, -0.2) is 4.39 Å². The molecule has 174 valence electrons. The quantitative estimate of drug-likeness (QED) is 0.398. The lowest BCUT2D eigenvalue weighted by Crippen LogP contribution is -2.36. The third kappa shape index (κ3) is 5.93. The fourth-order valence-electron chi connectivity index (χ4n) is 4.11. The van der Waals surface area contributed by atoms with E-state index in [0.717, 1.165) is 59.1 Å². The van der Waals surface area contributed by atoms with E-state index in [1.54, 1.807) is 7.11 Å². The molecule has 0 saturated carbocycles. The molecular formula is C25H32FNO3S2. The van der Waals surface area contributed by atoms with E-state index in [2.05, 4.69) is 30.9 Å². The third-order valence-electron chi connectivity index (χ3n) is 6.11. The second kappa shape index (κ2) is 11.3. The Balaban J connectivity index is 2.04. The number of nitrogens with zero attached hydrogens (tertiary/aromatic N) is 1. The summed E-state index contributed by atoms with van der Waals surface area (Å²) in [6.45, 7) is 5.36. The van der Waals surface area contributed by atoms with Crippen LogP contribution in [0.3, 0.4) is 0 Å². The molecule has 4 nitrogen and oxygen atoms in total. The molecule has 2 aromatic carbocycles. The summed E-state index contributed by atoms with van der Waals surface area (Å²) in [7, 11) is 1.65. The van der Waals surface area contributed by atoms with Crippen molar-refractivity contribution in [1.82, 2.24) is 0 Å². The zero-order chi connectivity index (χ0) is 23.1. The highest BCUT2D eigenvalue weighted by molar-refractivity contribution is 7.99. The van der Waals surface area contributed by atoms with Crippen molar-refractivity contribution in [3.05, 3.63) is 47.8 Å². The van der Waals surface area contributed by atoms with Gasteiger partial charge in [-0.3, -0.25) is 4.79 Å². The average molecular weight is 478 g/mol. The lowest BCUT2D eigenvalue weighted by molar-refractivity contribution is -0.133. The van der Waals surface area contributed by atoms with Gasteiger partial charge >= 0.3 is 5.97 Å². The van der Waals surface area contributed by atoms with Gasteiger partial charge in [0.25, 0.3) is 0 Å². The first-order valence-corrected chi connectivity index (χ1v) is 13.2. The van der Waals surface area contributed by atoms with Crippen LogP contribution in [0.15, 0.2) is 41.3 Å². The molecule has 32 heavy (non-hydrogen) atoms. The molecule has 7 heteroatoms. The summed E-state index contributed by atoms with van der Waals surface area (Å²) < 4.78 is 19.4. The lowest BCUT2D eigenvalue weighted by atomic mass is 9.81. The number of ether oxygens (including phenoxy) is 1. The van der Waals surface area contributed by atoms with Gasteiger partial charge in [0.1, 0.15) is 11.6 Å². The van der Waals surface area contributed by atoms with Gasteiger partial charge in [0.2, 0.25) is 0 Å². The summed E-state index contributed by atoms with van der Waals surface area (Å²) in [5, 5.41) is 8.99. The number of rotatable bonds is 10. The van der Waals surface area contributed by atoms with Gasteiger partial charge in [-0.05, 0) is 48.6 Å². The summed E-state index contributed by atoms with van der Waals surface area (Å²) in [5.41, 5.74) is 3.19. The molecule has 2 aromatic rings. The number of carboxylic acid groups (broad SMARTS) is 1. The van der Waals surface area contributed by atoms with E-state index in [1.807, 2.05) is 23.9 Å². The van der Waals surface area contributed by atoms with Crippen LogP contribution in [0.2, 0.25) is 0 Å². The molecule has 0 fully saturated rings. The maximum atomic E-state index is 13.7. The number of benzene rings is 2. The third-order valence-corrected chi connectivity index (χ3v) is 8.47. The summed E-state index contributed by atoms with van der Waals surface area (Å²) >= 11 is 3.24. The van der Waals surface area contributed by atoms with E-state index in [9.17, 15) is 9.18 Å². The standard InChI is InChI=1S/C25H32FNO3S2/c1-4-6-11-25(5-2)16-27(20-9-7-19(26)8-10-20)21-13-22(30-3)18(12-23(21)32-17-25)14-31-15-24(28)29/h7-10,12-13H,4-6,11,14-17H2,1-3H3,(H,28,29). The fraction of sp³-hybridized carbons (Fsp3) is 0.480. The van der Waals surface area contributed by atoms with Crippen LogP contribution in [0.25, 0.3) is 0 Å². The minimum absolute atomic E-state index is 0.0606. The first kappa shape index (κ1) is 24.8. The molecule has 1 aliphatic heterocycles. The van der Waals surface area contributed by atoms with Crippen LogP contribution in [-0.2, 0) is 10.5 Å². The van der Waals surface area contributed by atoms with Crippen molar-refractivity contribution < 1.29 is 19.0 Å². The molecule has 0 bridgehead atoms. The van der Waals surface area contributed by atoms with Crippen LogP contribution in [0.4, 0.5) is 15.8 Å². The molecule has 0 spiro atoms. The highest BCUT2D eigenvalue weighted by Gasteiger charge is 2.35. The highest BCUT2D eigenvalue weighted by Crippen LogP contribution is 2.48. The van der Waals surface area contributed by atoms with Gasteiger partial charge in [0.15, 0.2) is 0 Å². The summed E-state index contributed by atoms with van der Waals surface area (Å²) in [4.78, 5) is 14.4. The van der Waals surface area contributed by atoms with E-state index < -0.39 is 5.97 Å². The van der Waals surface area contributed by atoms with E-state index >= 15 is 0 Å². The van der Waals surface area contributed by atoms with Gasteiger partial charge in [-0.15, -0.1) is 23.5 Å². The monoisotopic (exact) mass is 477 g/mol. The molecule has 0 radical (unpaired) electrons. The first-order valence-electron chi connectivity index (χ1n) is 11.1. The zero-order valence-electron chi connectivity index (χ0n) is 19.0. The van der Waals surface area contributed by atoms with Crippen molar-refractivity contribution in [2.24, 2.45) is 5.41 Å². The second-order valence-corrected chi connectivity index (χ2v) is 10.3. The average Bonchev–Trinajstić information content (AvgIpc) is 2.95. The lowest BCUT2D eigenvalue weighted by Gasteiger charge is -2.37. The van der Waals surface area contributed by atoms with Gasteiger partial charge in [-0.1, -0.05) is 26.7 Å². The van der Waals surface area contributed by atoms with E-state index in [4.69, 9.17) is 9.84 Å². The Labute approximate surface area is 198 Å². The molecule has 0 aromatic heterocycles. The van der Waals surface area contributed by atoms with Crippen molar-refractivity contribution in [3.63, 3.8) is 0 Å². The fourth-order valence-corrected chi connectivity index (χ4v) is 6.28. The maximum Gasteiger partial charge on any atom is 0.313 e. The molecule has 0 saturated heterocycles. The van der Waals surface area contributed by atoms with Crippen LogP contribution >= 0.6 is 23.5 Å². The minimum Gasteiger partial charge on any atom is -0.496 e. The molecule has 1 aliphatic rings. The zero-order valence-corrected chi connectivity index (χ0v) is 20.7. The van der Waals surface area contributed by atoms with E-state index in [-0.39, 0.29) is 17.0 Å². The second-order valence-electron chi connectivity index (χ2n) is 8.33. The summed E-state index contributed by atoms with van der Waals surface area (Å²) in [6.07, 6.45) is 4.57. The number of carboxylic acids is 1. The first-order chi connectivity index (χ1) is 15.4. The molecule has 3 rings (SSSR count). The molecule has 0 amide bonds. The molecule has 0 aliphatic carbocycles. The Hall–Kier alpha value is -1.86. The SMILES string of the molecule is CCCCC1(CC)CSc2cc(CSCC(=O)O)c(OC)cc2N(c2ccc(F)cc2)C1. The number of anilines is 2. The van der Waals surface area contributed by atoms with E-state index in [0.29, 0.717) is 5.75 Å². The topological polar surface area (TPSA) is 49.8 Å². The van der Waals surface area contributed by atoms with Crippen molar-refractivity contribution in [1.29, 1.82) is 0 Å². The number of hydrogen-bond acceptors (Lipinski definition) is 5. The predicted octanol–water partition coefficient (Wildman–Crippen LogP) is 6.98. The molecule has 1 heterocycles. The van der Waals surface area contributed by atoms with Crippen molar-refractivity contribution in [2.45, 2.75) is 50.2 Å². The number of methoxy groups -OCH3 is 1. The van der Waals surface area contributed by atoms with Gasteiger partial charge in [-0.2, -0.15) is 0 Å².